The molecule has 0 spiro atoms. The maximum absolute atomic E-state index is 13.5. The highest BCUT2D eigenvalue weighted by molar-refractivity contribution is 6.01. The number of ketones is 1. The molecule has 2 aromatic carbocycles. The first-order chi connectivity index (χ1) is 15.2. The van der Waals surface area contributed by atoms with Crippen LogP contribution in [-0.2, 0) is 4.79 Å². The summed E-state index contributed by atoms with van der Waals surface area (Å²) in [5.74, 6) is 1.16. The van der Waals surface area contributed by atoms with Gasteiger partial charge in [-0.15, -0.1) is 0 Å². The van der Waals surface area contributed by atoms with Gasteiger partial charge in [0.25, 0.3) is 0 Å². The number of hydrogen-bond donors (Lipinski definition) is 2. The van der Waals surface area contributed by atoms with Crippen molar-refractivity contribution in [3.8, 4) is 5.75 Å². The summed E-state index contributed by atoms with van der Waals surface area (Å²) < 4.78 is 5.57. The number of pyridine rings is 1. The van der Waals surface area contributed by atoms with Gasteiger partial charge in [-0.05, 0) is 60.7 Å². The van der Waals surface area contributed by atoms with Crippen LogP contribution in [0.2, 0.25) is 0 Å². The third-order valence-electron chi connectivity index (χ3n) is 5.99. The second-order valence-electron chi connectivity index (χ2n) is 7.96. The Morgan fingerprint density at radius 3 is 2.52 bits per heavy atom. The molecule has 3 aromatic rings. The highest BCUT2D eigenvalue weighted by Gasteiger charge is 2.36. The number of nitrogens with one attached hydrogen (secondary N) is 2. The average molecular weight is 412 g/mol. The van der Waals surface area contributed by atoms with Crippen LogP contribution in [-0.4, -0.2) is 17.4 Å². The van der Waals surface area contributed by atoms with Crippen LogP contribution in [0.3, 0.4) is 0 Å². The van der Waals surface area contributed by atoms with Crippen molar-refractivity contribution in [2.45, 2.75) is 31.7 Å². The zero-order valence-corrected chi connectivity index (χ0v) is 17.5. The minimum Gasteiger partial charge on any atom is -0.494 e. The Bertz CT molecular complexity index is 1120. The standard InChI is InChI=1S/C26H25N3O2/c1-2-31-20-11-9-17(10-12-20)19-14-23-25(24(30)15-19)26(18-6-5-13-27-16-18)29-22-8-4-3-7-21(22)28-23/h3-13,16,19,26,28-29H,2,14-15H2,1H3/t19-,26-/m0/s1. The summed E-state index contributed by atoms with van der Waals surface area (Å²) in [6.45, 7) is 2.62. The highest BCUT2D eigenvalue weighted by atomic mass is 16.5. The Kier molecular flexibility index (Phi) is 5.16. The number of aromatic nitrogens is 1. The van der Waals surface area contributed by atoms with Crippen molar-refractivity contribution in [2.24, 2.45) is 0 Å². The van der Waals surface area contributed by atoms with Crippen molar-refractivity contribution in [1.29, 1.82) is 0 Å². The van der Waals surface area contributed by atoms with Crippen LogP contribution in [0.1, 0.15) is 42.9 Å². The zero-order valence-electron chi connectivity index (χ0n) is 17.5. The number of benzene rings is 2. The van der Waals surface area contributed by atoms with E-state index >= 15 is 0 Å². The molecule has 0 bridgehead atoms. The molecule has 5 heteroatoms. The van der Waals surface area contributed by atoms with Gasteiger partial charge in [-0.1, -0.05) is 30.3 Å². The van der Waals surface area contributed by atoms with Crippen LogP contribution in [0.15, 0.2) is 84.3 Å². The molecule has 2 aliphatic rings. The summed E-state index contributed by atoms with van der Waals surface area (Å²) in [7, 11) is 0. The lowest BCUT2D eigenvalue weighted by Crippen LogP contribution is -2.26. The number of carbonyl (C=O) groups is 1. The molecule has 0 saturated carbocycles. The van der Waals surface area contributed by atoms with Gasteiger partial charge in [0.1, 0.15) is 5.75 Å². The topological polar surface area (TPSA) is 63.2 Å². The molecule has 0 saturated heterocycles. The lowest BCUT2D eigenvalue weighted by molar-refractivity contribution is -0.116. The lowest BCUT2D eigenvalue weighted by atomic mass is 9.78. The number of allylic oxidation sites excluding steroid dienone is 1. The second-order valence-corrected chi connectivity index (χ2v) is 7.96. The van der Waals surface area contributed by atoms with E-state index in [9.17, 15) is 4.79 Å². The number of anilines is 2. The number of para-hydroxylation sites is 2. The zero-order chi connectivity index (χ0) is 21.2. The van der Waals surface area contributed by atoms with Crippen LogP contribution in [0.25, 0.3) is 0 Å². The van der Waals surface area contributed by atoms with Crippen molar-refractivity contribution in [3.63, 3.8) is 0 Å². The van der Waals surface area contributed by atoms with Crippen molar-refractivity contribution in [3.05, 3.63) is 95.5 Å². The molecular weight excluding hydrogens is 386 g/mol. The predicted molar refractivity (Wildman–Crippen MR) is 122 cm³/mol. The molecule has 1 aliphatic heterocycles. The van der Waals surface area contributed by atoms with Crippen LogP contribution < -0.4 is 15.4 Å². The Hall–Kier alpha value is -3.60. The van der Waals surface area contributed by atoms with E-state index in [1.165, 1.54) is 0 Å². The Morgan fingerprint density at radius 2 is 1.77 bits per heavy atom. The molecule has 5 rings (SSSR count). The number of hydrogen-bond acceptors (Lipinski definition) is 5. The van der Waals surface area contributed by atoms with Gasteiger partial charge >= 0.3 is 0 Å². The largest absolute Gasteiger partial charge is 0.494 e. The van der Waals surface area contributed by atoms with E-state index in [0.717, 1.165) is 45.9 Å². The molecule has 2 heterocycles. The van der Waals surface area contributed by atoms with Crippen LogP contribution in [0, 0.1) is 0 Å². The summed E-state index contributed by atoms with van der Waals surface area (Å²) in [6, 6.07) is 19.9. The van der Waals surface area contributed by atoms with Gasteiger partial charge < -0.3 is 15.4 Å². The van der Waals surface area contributed by atoms with Gasteiger partial charge in [0.15, 0.2) is 5.78 Å². The fourth-order valence-corrected chi connectivity index (χ4v) is 4.53. The Balaban J connectivity index is 1.54. The predicted octanol–water partition coefficient (Wildman–Crippen LogP) is 5.46. The fourth-order valence-electron chi connectivity index (χ4n) is 4.53. The number of rotatable bonds is 4. The summed E-state index contributed by atoms with van der Waals surface area (Å²) in [4.78, 5) is 17.8. The molecule has 2 N–H and O–H groups in total. The van der Waals surface area contributed by atoms with Crippen LogP contribution in [0.4, 0.5) is 11.4 Å². The number of fused-ring (bicyclic) bond motifs is 1. The molecule has 156 valence electrons. The minimum absolute atomic E-state index is 0.134. The van der Waals surface area contributed by atoms with E-state index in [2.05, 4.69) is 27.8 Å². The van der Waals surface area contributed by atoms with Gasteiger partial charge in [-0.3, -0.25) is 9.78 Å². The molecule has 0 unspecified atom stereocenters. The van der Waals surface area contributed by atoms with Gasteiger partial charge in [-0.25, -0.2) is 0 Å². The maximum Gasteiger partial charge on any atom is 0.163 e. The van der Waals surface area contributed by atoms with E-state index in [-0.39, 0.29) is 17.7 Å². The highest BCUT2D eigenvalue weighted by Crippen LogP contribution is 2.44. The van der Waals surface area contributed by atoms with Gasteiger partial charge in [0.2, 0.25) is 0 Å². The second kappa shape index (κ2) is 8.26. The van der Waals surface area contributed by atoms with E-state index in [4.69, 9.17) is 4.74 Å². The number of carbonyl (C=O) groups excluding carboxylic acids is 1. The lowest BCUT2D eigenvalue weighted by Gasteiger charge is -2.29. The van der Waals surface area contributed by atoms with Crippen LogP contribution in [0.5, 0.6) is 5.75 Å². The third-order valence-corrected chi connectivity index (χ3v) is 5.99. The molecule has 0 fully saturated rings. The quantitative estimate of drug-likeness (QED) is 0.597. The number of ether oxygens (including phenoxy) is 1. The Labute approximate surface area is 182 Å². The van der Waals surface area contributed by atoms with E-state index in [1.54, 1.807) is 6.20 Å². The third kappa shape index (κ3) is 3.79. The molecular formula is C26H25N3O2. The first kappa shape index (κ1) is 19.4. The van der Waals surface area contributed by atoms with Crippen molar-refractivity contribution in [2.75, 3.05) is 17.2 Å². The molecule has 0 amide bonds. The average Bonchev–Trinajstić information content (AvgIpc) is 2.97. The van der Waals surface area contributed by atoms with E-state index in [0.29, 0.717) is 13.0 Å². The summed E-state index contributed by atoms with van der Waals surface area (Å²) in [6.07, 6.45) is 4.86. The molecule has 2 atom stereocenters. The SMILES string of the molecule is CCOc1ccc([C@@H]2CC(=O)C3=C(C2)Nc2ccccc2N[C@H]3c2cccnc2)cc1. The molecule has 5 nitrogen and oxygen atoms in total. The number of Topliss-reactive ketones (excluding diaryl/α,β-unsaturated/α-hetero) is 1. The molecule has 1 aromatic heterocycles. The smallest absolute Gasteiger partial charge is 0.163 e. The van der Waals surface area contributed by atoms with Gasteiger partial charge in [0.05, 0.1) is 24.0 Å². The summed E-state index contributed by atoms with van der Waals surface area (Å²) in [5, 5.41) is 7.16. The molecule has 1 aliphatic carbocycles. The van der Waals surface area contributed by atoms with Gasteiger partial charge in [-0.2, -0.15) is 0 Å². The monoisotopic (exact) mass is 411 g/mol. The first-order valence-corrected chi connectivity index (χ1v) is 10.7. The van der Waals surface area contributed by atoms with E-state index in [1.807, 2.05) is 61.7 Å². The molecule has 0 radical (unpaired) electrons. The summed E-state index contributed by atoms with van der Waals surface area (Å²) in [5.41, 5.74) is 5.92. The van der Waals surface area contributed by atoms with E-state index < -0.39 is 0 Å². The number of nitrogens with zero attached hydrogens (tertiary/aromatic N) is 1. The maximum atomic E-state index is 13.5. The molecule has 31 heavy (non-hydrogen) atoms. The fraction of sp³-hybridized carbons (Fsp3) is 0.231. The Morgan fingerprint density at radius 1 is 0.968 bits per heavy atom. The normalized spacial score (nSPS) is 20.1. The minimum atomic E-state index is -0.228. The summed E-state index contributed by atoms with van der Waals surface area (Å²) >= 11 is 0. The van der Waals surface area contributed by atoms with Crippen molar-refractivity contribution in [1.82, 2.24) is 4.98 Å². The van der Waals surface area contributed by atoms with Crippen LogP contribution >= 0.6 is 0 Å². The van der Waals surface area contributed by atoms with Gasteiger partial charge in [0, 0.05) is 30.1 Å². The first-order valence-electron chi connectivity index (χ1n) is 10.7. The van der Waals surface area contributed by atoms with Crippen molar-refractivity contribution < 1.29 is 9.53 Å². The van der Waals surface area contributed by atoms with Crippen molar-refractivity contribution >= 4 is 17.2 Å².